The van der Waals surface area contributed by atoms with Gasteiger partial charge in [0.2, 0.25) is 0 Å². The lowest BCUT2D eigenvalue weighted by atomic mass is 10.1. The van der Waals surface area contributed by atoms with Crippen molar-refractivity contribution in [2.75, 3.05) is 0 Å². The van der Waals surface area contributed by atoms with Gasteiger partial charge in [-0.3, -0.25) is 9.59 Å². The second-order valence-corrected chi connectivity index (χ2v) is 5.84. The number of aromatic nitrogens is 1. The monoisotopic (exact) mass is 308 g/mol. The van der Waals surface area contributed by atoms with Gasteiger partial charge in [-0.2, -0.15) is 0 Å². The van der Waals surface area contributed by atoms with Crippen molar-refractivity contribution < 1.29 is 9.21 Å². The molecule has 2 heterocycles. The molecule has 0 spiro atoms. The minimum absolute atomic E-state index is 0.160. The minimum atomic E-state index is -0.236. The summed E-state index contributed by atoms with van der Waals surface area (Å²) in [6, 6.07) is 12.9. The zero-order chi connectivity index (χ0) is 15.8. The van der Waals surface area contributed by atoms with E-state index in [0.29, 0.717) is 17.6 Å². The van der Waals surface area contributed by atoms with Crippen LogP contribution >= 0.6 is 0 Å². The Morgan fingerprint density at radius 1 is 1.22 bits per heavy atom. The van der Waals surface area contributed by atoms with Crippen LogP contribution in [0.1, 0.15) is 29.1 Å². The molecule has 1 fully saturated rings. The van der Waals surface area contributed by atoms with E-state index in [1.165, 1.54) is 0 Å². The average molecular weight is 308 g/mol. The maximum Gasteiger partial charge on any atom is 0.271 e. The summed E-state index contributed by atoms with van der Waals surface area (Å²) < 4.78 is 5.36. The highest BCUT2D eigenvalue weighted by Gasteiger charge is 2.34. The SMILES string of the molecule is O=C(c1cc2ccccc2c(=O)[nH]1)N(Cc1ccco1)C1CC1. The lowest BCUT2D eigenvalue weighted by Gasteiger charge is -2.21. The second-order valence-electron chi connectivity index (χ2n) is 5.84. The first-order valence-corrected chi connectivity index (χ1v) is 7.68. The molecule has 5 heteroatoms. The summed E-state index contributed by atoms with van der Waals surface area (Å²) in [5, 5.41) is 1.36. The summed E-state index contributed by atoms with van der Waals surface area (Å²) in [6.45, 7) is 0.422. The number of fused-ring (bicyclic) bond motifs is 1. The Balaban J connectivity index is 1.70. The number of furan rings is 1. The zero-order valence-corrected chi connectivity index (χ0v) is 12.5. The quantitative estimate of drug-likeness (QED) is 0.806. The Labute approximate surface area is 132 Å². The molecule has 116 valence electrons. The number of pyridine rings is 1. The molecule has 1 aliphatic rings. The summed E-state index contributed by atoms with van der Waals surface area (Å²) >= 11 is 0. The van der Waals surface area contributed by atoms with Gasteiger partial charge in [0.15, 0.2) is 0 Å². The largest absolute Gasteiger partial charge is 0.467 e. The van der Waals surface area contributed by atoms with E-state index in [2.05, 4.69) is 4.98 Å². The molecular formula is C18H16N2O3. The predicted octanol–water partition coefficient (Wildman–Crippen LogP) is 2.93. The number of carbonyl (C=O) groups is 1. The fraction of sp³-hybridized carbons (Fsp3) is 0.222. The normalized spacial score (nSPS) is 14.1. The first-order chi connectivity index (χ1) is 11.2. The lowest BCUT2D eigenvalue weighted by molar-refractivity contribution is 0.0711. The summed E-state index contributed by atoms with van der Waals surface area (Å²) in [5.74, 6) is 0.583. The molecule has 0 atom stereocenters. The first kappa shape index (κ1) is 13.8. The van der Waals surface area contributed by atoms with Crippen LogP contribution in [-0.2, 0) is 6.54 Å². The molecule has 5 nitrogen and oxygen atoms in total. The third-order valence-corrected chi connectivity index (χ3v) is 4.14. The van der Waals surface area contributed by atoms with Gasteiger partial charge < -0.3 is 14.3 Å². The Hall–Kier alpha value is -2.82. The molecule has 2 aromatic heterocycles. The van der Waals surface area contributed by atoms with Crippen molar-refractivity contribution in [1.29, 1.82) is 0 Å². The lowest BCUT2D eigenvalue weighted by Crippen LogP contribution is -2.34. The van der Waals surface area contributed by atoms with E-state index in [1.54, 1.807) is 23.3 Å². The van der Waals surface area contributed by atoms with Gasteiger partial charge >= 0.3 is 0 Å². The number of amides is 1. The Kier molecular flexibility index (Phi) is 3.26. The van der Waals surface area contributed by atoms with Crippen LogP contribution in [0.5, 0.6) is 0 Å². The fourth-order valence-electron chi connectivity index (χ4n) is 2.80. The molecule has 1 N–H and O–H groups in total. The van der Waals surface area contributed by atoms with Gasteiger partial charge in [0, 0.05) is 11.4 Å². The first-order valence-electron chi connectivity index (χ1n) is 7.68. The molecule has 1 aromatic carbocycles. The molecule has 0 aliphatic heterocycles. The fourth-order valence-corrected chi connectivity index (χ4v) is 2.80. The van der Waals surface area contributed by atoms with Crippen LogP contribution in [0, 0.1) is 0 Å². The van der Waals surface area contributed by atoms with Gasteiger partial charge in [-0.25, -0.2) is 0 Å². The molecule has 1 aliphatic carbocycles. The Morgan fingerprint density at radius 2 is 2.04 bits per heavy atom. The van der Waals surface area contributed by atoms with Gasteiger partial charge in [-0.05, 0) is 42.5 Å². The number of hydrogen-bond donors (Lipinski definition) is 1. The van der Waals surface area contributed by atoms with Crippen LogP contribution in [0.2, 0.25) is 0 Å². The smallest absolute Gasteiger partial charge is 0.271 e. The zero-order valence-electron chi connectivity index (χ0n) is 12.5. The molecule has 1 amide bonds. The number of nitrogens with one attached hydrogen (secondary N) is 1. The van der Waals surface area contributed by atoms with Crippen molar-refractivity contribution in [3.63, 3.8) is 0 Å². The number of aromatic amines is 1. The van der Waals surface area contributed by atoms with Crippen LogP contribution in [0.25, 0.3) is 10.8 Å². The molecule has 3 aromatic rings. The standard InChI is InChI=1S/C18H16N2O3/c21-17-15-6-2-1-4-12(15)10-16(19-17)18(22)20(13-7-8-13)11-14-5-3-9-23-14/h1-6,9-10,13H,7-8,11H2,(H,19,21). The average Bonchev–Trinajstić information content (AvgIpc) is 3.28. The van der Waals surface area contributed by atoms with E-state index >= 15 is 0 Å². The van der Waals surface area contributed by atoms with E-state index in [0.717, 1.165) is 24.0 Å². The van der Waals surface area contributed by atoms with Gasteiger partial charge in [0.1, 0.15) is 11.5 Å². The van der Waals surface area contributed by atoms with Crippen molar-refractivity contribution >= 4 is 16.7 Å². The number of benzene rings is 1. The summed E-state index contributed by atoms with van der Waals surface area (Å²) in [4.78, 5) is 29.5. The van der Waals surface area contributed by atoms with E-state index in [4.69, 9.17) is 4.42 Å². The molecule has 0 radical (unpaired) electrons. The van der Waals surface area contributed by atoms with Crippen molar-refractivity contribution in [3.8, 4) is 0 Å². The summed E-state index contributed by atoms with van der Waals surface area (Å²) in [6.07, 6.45) is 3.58. The number of rotatable bonds is 4. The number of nitrogens with zero attached hydrogens (tertiary/aromatic N) is 1. The van der Waals surface area contributed by atoms with Crippen LogP contribution in [-0.4, -0.2) is 21.8 Å². The van der Waals surface area contributed by atoms with E-state index in [9.17, 15) is 9.59 Å². The Bertz CT molecular complexity index is 907. The Morgan fingerprint density at radius 3 is 2.78 bits per heavy atom. The third-order valence-electron chi connectivity index (χ3n) is 4.14. The van der Waals surface area contributed by atoms with Crippen molar-refractivity contribution in [3.05, 3.63) is 70.5 Å². The van der Waals surface area contributed by atoms with Gasteiger partial charge in [-0.15, -0.1) is 0 Å². The second kappa shape index (κ2) is 5.43. The number of hydrogen-bond acceptors (Lipinski definition) is 3. The number of carbonyl (C=O) groups excluding carboxylic acids is 1. The molecule has 0 saturated heterocycles. The molecule has 23 heavy (non-hydrogen) atoms. The highest BCUT2D eigenvalue weighted by Crippen LogP contribution is 2.29. The van der Waals surface area contributed by atoms with Crippen molar-refractivity contribution in [1.82, 2.24) is 9.88 Å². The number of H-pyrrole nitrogens is 1. The molecule has 1 saturated carbocycles. The maximum absolute atomic E-state index is 12.9. The molecule has 4 rings (SSSR count). The topological polar surface area (TPSA) is 66.3 Å². The molecule has 0 bridgehead atoms. The van der Waals surface area contributed by atoms with Gasteiger partial charge in [0.25, 0.3) is 11.5 Å². The van der Waals surface area contributed by atoms with E-state index in [-0.39, 0.29) is 17.5 Å². The van der Waals surface area contributed by atoms with E-state index in [1.807, 2.05) is 30.3 Å². The van der Waals surface area contributed by atoms with Crippen LogP contribution in [0.15, 0.2) is 57.9 Å². The van der Waals surface area contributed by atoms with E-state index < -0.39 is 0 Å². The summed E-state index contributed by atoms with van der Waals surface area (Å²) in [7, 11) is 0. The third kappa shape index (κ3) is 2.65. The highest BCUT2D eigenvalue weighted by molar-refractivity contribution is 5.96. The predicted molar refractivity (Wildman–Crippen MR) is 86.2 cm³/mol. The van der Waals surface area contributed by atoms with Gasteiger partial charge in [-0.1, -0.05) is 18.2 Å². The van der Waals surface area contributed by atoms with Crippen molar-refractivity contribution in [2.45, 2.75) is 25.4 Å². The molecule has 0 unspecified atom stereocenters. The maximum atomic E-state index is 12.9. The summed E-state index contributed by atoms with van der Waals surface area (Å²) in [5.41, 5.74) is 0.0901. The minimum Gasteiger partial charge on any atom is -0.467 e. The molecular weight excluding hydrogens is 292 g/mol. The van der Waals surface area contributed by atoms with Crippen molar-refractivity contribution in [2.24, 2.45) is 0 Å². The van der Waals surface area contributed by atoms with Crippen LogP contribution in [0.3, 0.4) is 0 Å². The van der Waals surface area contributed by atoms with Crippen LogP contribution in [0.4, 0.5) is 0 Å². The highest BCUT2D eigenvalue weighted by atomic mass is 16.3. The van der Waals surface area contributed by atoms with Gasteiger partial charge in [0.05, 0.1) is 12.8 Å². The van der Waals surface area contributed by atoms with Crippen LogP contribution < -0.4 is 5.56 Å².